The zero-order valence-electron chi connectivity index (χ0n) is 19.4. The van der Waals surface area contributed by atoms with Crippen molar-refractivity contribution in [2.24, 2.45) is 5.73 Å². The van der Waals surface area contributed by atoms with Crippen molar-refractivity contribution in [1.82, 2.24) is 24.4 Å². The van der Waals surface area contributed by atoms with Crippen molar-refractivity contribution in [2.75, 3.05) is 11.9 Å². The van der Waals surface area contributed by atoms with Crippen LogP contribution in [-0.4, -0.2) is 48.3 Å². The summed E-state index contributed by atoms with van der Waals surface area (Å²) in [5, 5.41) is 3.85. The van der Waals surface area contributed by atoms with Crippen LogP contribution in [0.1, 0.15) is 19.3 Å². The summed E-state index contributed by atoms with van der Waals surface area (Å²) < 4.78 is 15.1. The number of primary amides is 1. The van der Waals surface area contributed by atoms with E-state index < -0.39 is 11.4 Å². The molecule has 0 aliphatic carbocycles. The molecule has 0 saturated carbocycles. The van der Waals surface area contributed by atoms with E-state index in [2.05, 4.69) is 26.8 Å². The van der Waals surface area contributed by atoms with Crippen molar-refractivity contribution in [2.45, 2.75) is 31.3 Å². The fraction of sp³-hybridized carbons (Fsp3) is 0.240. The first-order chi connectivity index (χ1) is 17.4. The number of nitrogens with two attached hydrogens (primary N) is 1. The van der Waals surface area contributed by atoms with Gasteiger partial charge in [0.25, 0.3) is 0 Å². The number of amides is 2. The highest BCUT2D eigenvalue weighted by Gasteiger charge is 2.47. The van der Waals surface area contributed by atoms with Crippen molar-refractivity contribution in [3.8, 4) is 10.4 Å². The molecular formula is C25H24FN7O2S. The summed E-state index contributed by atoms with van der Waals surface area (Å²) in [4.78, 5) is 40.5. The van der Waals surface area contributed by atoms with Crippen LogP contribution in [0.3, 0.4) is 0 Å². The topological polar surface area (TPSA) is 119 Å². The van der Waals surface area contributed by atoms with Gasteiger partial charge >= 0.3 is 0 Å². The Labute approximate surface area is 210 Å². The number of halogens is 1. The second kappa shape index (κ2) is 9.50. The van der Waals surface area contributed by atoms with Gasteiger partial charge in [0.1, 0.15) is 22.7 Å². The molecule has 9 nitrogen and oxygen atoms in total. The SMILES string of the molecule is C=CC(=O)N1CCCC1(CCn1cnc2cnc(Nc3ncc(-c4ccc(F)cc4)s3)cc21)C(N)=O. The molecular weight excluding hydrogens is 481 g/mol. The first-order valence-corrected chi connectivity index (χ1v) is 12.2. The predicted octanol–water partition coefficient (Wildman–Crippen LogP) is 3.86. The molecule has 3 aromatic heterocycles. The van der Waals surface area contributed by atoms with Crippen LogP contribution in [0.25, 0.3) is 21.5 Å². The molecule has 0 spiro atoms. The van der Waals surface area contributed by atoms with Crippen LogP contribution in [0.5, 0.6) is 0 Å². The number of hydrogen-bond acceptors (Lipinski definition) is 7. The number of nitrogens with one attached hydrogen (secondary N) is 1. The average Bonchev–Trinajstić information content (AvgIpc) is 3.61. The number of benzene rings is 1. The number of carbonyl (C=O) groups is 2. The van der Waals surface area contributed by atoms with Gasteiger partial charge in [-0.05, 0) is 43.0 Å². The Morgan fingerprint density at radius 3 is 2.78 bits per heavy atom. The largest absolute Gasteiger partial charge is 0.368 e. The number of carbonyl (C=O) groups excluding carboxylic acids is 2. The number of nitrogens with zero attached hydrogens (tertiary/aromatic N) is 5. The summed E-state index contributed by atoms with van der Waals surface area (Å²) in [6.07, 6.45) is 7.89. The van der Waals surface area contributed by atoms with E-state index in [1.165, 1.54) is 34.4 Å². The van der Waals surface area contributed by atoms with E-state index in [-0.39, 0.29) is 11.7 Å². The van der Waals surface area contributed by atoms with Crippen molar-refractivity contribution < 1.29 is 14.0 Å². The number of hydrogen-bond donors (Lipinski definition) is 2. The molecule has 1 aromatic carbocycles. The molecule has 1 atom stereocenters. The van der Waals surface area contributed by atoms with Gasteiger partial charge < -0.3 is 20.5 Å². The van der Waals surface area contributed by atoms with E-state index in [0.717, 1.165) is 16.0 Å². The highest BCUT2D eigenvalue weighted by atomic mass is 32.1. The minimum atomic E-state index is -1.05. The molecule has 36 heavy (non-hydrogen) atoms. The molecule has 4 aromatic rings. The molecule has 0 radical (unpaired) electrons. The number of imidazole rings is 1. The third kappa shape index (κ3) is 4.33. The standard InChI is InChI=1S/C25H24FN7O2S/c1-2-22(34)33-10-3-8-25(33,23(27)35)9-11-32-15-30-18-13-28-21(12-19(18)32)31-24-29-14-20(36-24)16-4-6-17(26)7-5-16/h2,4-7,12-15H,1,3,8-11H2,(H2,27,35)(H,28,29,31). The molecule has 1 aliphatic heterocycles. The fourth-order valence-corrected chi connectivity index (χ4v) is 5.48. The average molecular weight is 506 g/mol. The highest BCUT2D eigenvalue weighted by Crippen LogP contribution is 2.34. The lowest BCUT2D eigenvalue weighted by atomic mass is 9.90. The Morgan fingerprint density at radius 2 is 2.03 bits per heavy atom. The minimum absolute atomic E-state index is 0.287. The summed E-state index contributed by atoms with van der Waals surface area (Å²) in [5.74, 6) is -0.506. The van der Waals surface area contributed by atoms with Gasteiger partial charge in [0.05, 0.1) is 22.9 Å². The van der Waals surface area contributed by atoms with Gasteiger partial charge in [-0.1, -0.05) is 30.0 Å². The summed E-state index contributed by atoms with van der Waals surface area (Å²) >= 11 is 1.43. The highest BCUT2D eigenvalue weighted by molar-refractivity contribution is 7.18. The molecule has 1 saturated heterocycles. The van der Waals surface area contributed by atoms with E-state index in [1.54, 1.807) is 30.9 Å². The maximum Gasteiger partial charge on any atom is 0.246 e. The maximum absolute atomic E-state index is 13.2. The molecule has 0 bridgehead atoms. The first kappa shape index (κ1) is 23.6. The molecule has 1 aliphatic rings. The van der Waals surface area contributed by atoms with Gasteiger partial charge in [0.15, 0.2) is 5.13 Å². The molecule has 5 rings (SSSR count). The van der Waals surface area contributed by atoms with Crippen LogP contribution in [-0.2, 0) is 16.1 Å². The lowest BCUT2D eigenvalue weighted by Gasteiger charge is -2.35. The molecule has 4 heterocycles. The number of fused-ring (bicyclic) bond motifs is 1. The van der Waals surface area contributed by atoms with Crippen molar-refractivity contribution in [3.63, 3.8) is 0 Å². The molecule has 2 amide bonds. The smallest absolute Gasteiger partial charge is 0.246 e. The van der Waals surface area contributed by atoms with Gasteiger partial charge in [-0.3, -0.25) is 9.59 Å². The number of aryl methyl sites for hydroxylation is 1. The molecule has 11 heteroatoms. The third-order valence-corrected chi connectivity index (χ3v) is 7.49. The summed E-state index contributed by atoms with van der Waals surface area (Å²) in [7, 11) is 0. The molecule has 184 valence electrons. The summed E-state index contributed by atoms with van der Waals surface area (Å²) in [6, 6.07) is 8.11. The Kier molecular flexibility index (Phi) is 6.23. The number of thiazole rings is 1. The maximum atomic E-state index is 13.2. The lowest BCUT2D eigenvalue weighted by Crippen LogP contribution is -2.56. The normalized spacial score (nSPS) is 17.4. The molecule has 3 N–H and O–H groups in total. The van der Waals surface area contributed by atoms with Crippen LogP contribution in [0, 0.1) is 5.82 Å². The Hall–Kier alpha value is -4.12. The first-order valence-electron chi connectivity index (χ1n) is 11.4. The van der Waals surface area contributed by atoms with Crippen molar-refractivity contribution in [1.29, 1.82) is 0 Å². The molecule has 1 fully saturated rings. The third-order valence-electron chi connectivity index (χ3n) is 6.53. The van der Waals surface area contributed by atoms with E-state index in [1.807, 2.05) is 10.6 Å². The van der Waals surface area contributed by atoms with Gasteiger partial charge in [0.2, 0.25) is 11.8 Å². The van der Waals surface area contributed by atoms with Crippen LogP contribution >= 0.6 is 11.3 Å². The Bertz CT molecular complexity index is 1450. The van der Waals surface area contributed by atoms with E-state index >= 15 is 0 Å². The lowest BCUT2D eigenvalue weighted by molar-refractivity contribution is -0.140. The quantitative estimate of drug-likeness (QED) is 0.351. The molecule has 1 unspecified atom stereocenters. The zero-order valence-corrected chi connectivity index (χ0v) is 20.2. The second-order valence-corrected chi connectivity index (χ2v) is 9.63. The van der Waals surface area contributed by atoms with Gasteiger partial charge in [0, 0.05) is 25.4 Å². The summed E-state index contributed by atoms with van der Waals surface area (Å²) in [6.45, 7) is 4.47. The summed E-state index contributed by atoms with van der Waals surface area (Å²) in [5.41, 5.74) is 7.14. The number of anilines is 2. The van der Waals surface area contributed by atoms with Crippen LogP contribution < -0.4 is 11.1 Å². The van der Waals surface area contributed by atoms with Gasteiger partial charge in [-0.2, -0.15) is 0 Å². The van der Waals surface area contributed by atoms with Gasteiger partial charge in [-0.25, -0.2) is 19.3 Å². The predicted molar refractivity (Wildman–Crippen MR) is 136 cm³/mol. The zero-order chi connectivity index (χ0) is 25.3. The van der Waals surface area contributed by atoms with E-state index in [0.29, 0.717) is 48.8 Å². The number of pyridine rings is 1. The second-order valence-electron chi connectivity index (χ2n) is 8.60. The van der Waals surface area contributed by atoms with Crippen molar-refractivity contribution >= 4 is 45.1 Å². The van der Waals surface area contributed by atoms with Crippen LogP contribution in [0.2, 0.25) is 0 Å². The van der Waals surface area contributed by atoms with E-state index in [9.17, 15) is 14.0 Å². The number of rotatable bonds is 8. The van der Waals surface area contributed by atoms with Crippen molar-refractivity contribution in [3.05, 3.63) is 67.5 Å². The van der Waals surface area contributed by atoms with E-state index in [4.69, 9.17) is 5.73 Å². The number of likely N-dealkylation sites (tertiary alicyclic amines) is 1. The van der Waals surface area contributed by atoms with Crippen LogP contribution in [0.15, 0.2) is 61.7 Å². The monoisotopic (exact) mass is 505 g/mol. The number of aromatic nitrogens is 4. The van der Waals surface area contributed by atoms with Gasteiger partial charge in [-0.15, -0.1) is 0 Å². The Balaban J connectivity index is 1.35. The minimum Gasteiger partial charge on any atom is -0.368 e. The fourth-order valence-electron chi connectivity index (χ4n) is 4.65. The van der Waals surface area contributed by atoms with Crippen LogP contribution in [0.4, 0.5) is 15.3 Å². The Morgan fingerprint density at radius 1 is 1.22 bits per heavy atom.